The van der Waals surface area contributed by atoms with Gasteiger partial charge in [0.25, 0.3) is 11.6 Å². The fraction of sp³-hybridized carbons (Fsp3) is 0.125. The predicted molar refractivity (Wildman–Crippen MR) is 86.5 cm³/mol. The van der Waals surface area contributed by atoms with E-state index in [0.717, 1.165) is 6.07 Å². The Morgan fingerprint density at radius 3 is 2.42 bits per heavy atom. The normalized spacial score (nSPS) is 10.1. The maximum Gasteiger partial charge on any atom is 0.272 e. The molecule has 2 aromatic carbocycles. The summed E-state index contributed by atoms with van der Waals surface area (Å²) in [5, 5.41) is 15.6. The maximum atomic E-state index is 13.8. The van der Waals surface area contributed by atoms with Gasteiger partial charge in [-0.1, -0.05) is 0 Å². The number of anilines is 2. The second-order valence-electron chi connectivity index (χ2n) is 5.09. The highest BCUT2D eigenvalue weighted by atomic mass is 19.1. The second kappa shape index (κ2) is 6.86. The van der Waals surface area contributed by atoms with Crippen LogP contribution in [-0.2, 0) is 4.79 Å². The van der Waals surface area contributed by atoms with Crippen molar-refractivity contribution >= 4 is 28.9 Å². The summed E-state index contributed by atoms with van der Waals surface area (Å²) in [7, 11) is 0. The zero-order valence-electron chi connectivity index (χ0n) is 12.9. The first-order valence-corrected chi connectivity index (χ1v) is 6.91. The lowest BCUT2D eigenvalue weighted by Gasteiger charge is -2.09. The first-order valence-electron chi connectivity index (χ1n) is 6.91. The number of nitrogens with zero attached hydrogens (tertiary/aromatic N) is 1. The molecule has 8 heteroatoms. The van der Waals surface area contributed by atoms with Crippen molar-refractivity contribution in [3.05, 3.63) is 63.5 Å². The van der Waals surface area contributed by atoms with E-state index in [4.69, 9.17) is 0 Å². The molecule has 2 rings (SSSR count). The predicted octanol–water partition coefficient (Wildman–Crippen LogP) is 3.25. The molecule has 0 radical (unpaired) electrons. The first kappa shape index (κ1) is 17.1. The van der Waals surface area contributed by atoms with E-state index in [2.05, 4.69) is 10.6 Å². The van der Waals surface area contributed by atoms with Crippen LogP contribution in [0.4, 0.5) is 21.5 Å². The minimum absolute atomic E-state index is 0.106. The molecule has 24 heavy (non-hydrogen) atoms. The molecule has 0 heterocycles. The van der Waals surface area contributed by atoms with Crippen LogP contribution < -0.4 is 10.6 Å². The topological polar surface area (TPSA) is 101 Å². The molecule has 2 N–H and O–H groups in total. The van der Waals surface area contributed by atoms with Crippen LogP contribution in [0.2, 0.25) is 0 Å². The van der Waals surface area contributed by atoms with Gasteiger partial charge in [0.2, 0.25) is 5.91 Å². The van der Waals surface area contributed by atoms with Gasteiger partial charge >= 0.3 is 0 Å². The summed E-state index contributed by atoms with van der Waals surface area (Å²) in [4.78, 5) is 33.5. The van der Waals surface area contributed by atoms with Gasteiger partial charge in [0, 0.05) is 29.8 Å². The van der Waals surface area contributed by atoms with E-state index in [9.17, 15) is 24.1 Å². The Hall–Kier alpha value is -3.29. The highest BCUT2D eigenvalue weighted by Crippen LogP contribution is 2.22. The molecule has 2 amide bonds. The largest absolute Gasteiger partial charge is 0.326 e. The fourth-order valence-electron chi connectivity index (χ4n) is 2.10. The monoisotopic (exact) mass is 331 g/mol. The Kier molecular flexibility index (Phi) is 4.88. The molecule has 0 saturated carbocycles. The lowest BCUT2D eigenvalue weighted by molar-refractivity contribution is -0.385. The number of nitro groups is 1. The molecular weight excluding hydrogens is 317 g/mol. The van der Waals surface area contributed by atoms with Gasteiger partial charge in [-0.2, -0.15) is 0 Å². The summed E-state index contributed by atoms with van der Waals surface area (Å²) in [6.07, 6.45) is 0. The van der Waals surface area contributed by atoms with Crippen LogP contribution in [0.3, 0.4) is 0 Å². The summed E-state index contributed by atoms with van der Waals surface area (Å²) in [5.41, 5.74) is 0.592. The molecule has 0 fully saturated rings. The third-order valence-electron chi connectivity index (χ3n) is 3.19. The summed E-state index contributed by atoms with van der Waals surface area (Å²) in [5.74, 6) is -1.62. The van der Waals surface area contributed by atoms with Crippen molar-refractivity contribution in [1.29, 1.82) is 0 Å². The molecule has 0 aliphatic carbocycles. The number of amides is 2. The van der Waals surface area contributed by atoms with Crippen LogP contribution >= 0.6 is 0 Å². The average molecular weight is 331 g/mol. The Labute approximate surface area is 136 Å². The second-order valence-corrected chi connectivity index (χ2v) is 5.09. The number of carbonyl (C=O) groups excluding carboxylic acids is 2. The number of hydrogen-bond acceptors (Lipinski definition) is 4. The number of carbonyl (C=O) groups is 2. The molecule has 0 unspecified atom stereocenters. The molecule has 0 bridgehead atoms. The van der Waals surface area contributed by atoms with Gasteiger partial charge in [0.15, 0.2) is 0 Å². The summed E-state index contributed by atoms with van der Waals surface area (Å²) in [6.45, 7) is 2.81. The molecular formula is C16H14FN3O4. The SMILES string of the molecule is CC(=O)Nc1ccc(F)c(NC(=O)c2ccc([N+](=O)[O-])c(C)c2)c1. The van der Waals surface area contributed by atoms with Crippen molar-refractivity contribution < 1.29 is 18.9 Å². The van der Waals surface area contributed by atoms with Crippen LogP contribution in [0.25, 0.3) is 0 Å². The van der Waals surface area contributed by atoms with Crippen LogP contribution in [-0.4, -0.2) is 16.7 Å². The first-order chi connectivity index (χ1) is 11.3. The number of aryl methyl sites for hydroxylation is 1. The van der Waals surface area contributed by atoms with Gasteiger partial charge in [-0.3, -0.25) is 19.7 Å². The van der Waals surface area contributed by atoms with E-state index in [1.807, 2.05) is 0 Å². The number of rotatable bonds is 4. The highest BCUT2D eigenvalue weighted by molar-refractivity contribution is 6.05. The van der Waals surface area contributed by atoms with Gasteiger partial charge in [0.1, 0.15) is 5.82 Å². The number of hydrogen-bond donors (Lipinski definition) is 2. The number of nitrogens with one attached hydrogen (secondary N) is 2. The Morgan fingerprint density at radius 2 is 1.83 bits per heavy atom. The lowest BCUT2D eigenvalue weighted by Crippen LogP contribution is -2.14. The number of halogens is 1. The van der Waals surface area contributed by atoms with Gasteiger partial charge < -0.3 is 10.6 Å². The lowest BCUT2D eigenvalue weighted by atomic mass is 10.1. The molecule has 7 nitrogen and oxygen atoms in total. The molecule has 124 valence electrons. The molecule has 0 aliphatic rings. The number of nitro benzene ring substituents is 1. The third kappa shape index (κ3) is 3.92. The van der Waals surface area contributed by atoms with Gasteiger partial charge in [-0.15, -0.1) is 0 Å². The van der Waals surface area contributed by atoms with Crippen molar-refractivity contribution in [2.45, 2.75) is 13.8 Å². The van der Waals surface area contributed by atoms with Crippen molar-refractivity contribution in [3.63, 3.8) is 0 Å². The molecule has 0 spiro atoms. The molecule has 0 saturated heterocycles. The van der Waals surface area contributed by atoms with Crippen LogP contribution in [0, 0.1) is 22.9 Å². The van der Waals surface area contributed by atoms with E-state index in [1.54, 1.807) is 0 Å². The van der Waals surface area contributed by atoms with Crippen LogP contribution in [0.1, 0.15) is 22.8 Å². The van der Waals surface area contributed by atoms with Crippen LogP contribution in [0.15, 0.2) is 36.4 Å². The van der Waals surface area contributed by atoms with Gasteiger partial charge in [0.05, 0.1) is 10.6 Å². The minimum atomic E-state index is -0.670. The molecule has 0 aromatic heterocycles. The molecule has 0 aliphatic heterocycles. The Balaban J connectivity index is 2.25. The maximum absolute atomic E-state index is 13.8. The average Bonchev–Trinajstić information content (AvgIpc) is 2.49. The zero-order chi connectivity index (χ0) is 17.9. The minimum Gasteiger partial charge on any atom is -0.326 e. The van der Waals surface area contributed by atoms with E-state index in [1.165, 1.54) is 44.2 Å². The molecule has 2 aromatic rings. The van der Waals surface area contributed by atoms with Crippen molar-refractivity contribution in [3.8, 4) is 0 Å². The van der Waals surface area contributed by atoms with E-state index < -0.39 is 16.6 Å². The Morgan fingerprint density at radius 1 is 1.12 bits per heavy atom. The Bertz CT molecular complexity index is 836. The number of benzene rings is 2. The zero-order valence-corrected chi connectivity index (χ0v) is 12.9. The quantitative estimate of drug-likeness (QED) is 0.663. The summed E-state index contributed by atoms with van der Waals surface area (Å²) < 4.78 is 13.8. The molecule has 0 atom stereocenters. The smallest absolute Gasteiger partial charge is 0.272 e. The highest BCUT2D eigenvalue weighted by Gasteiger charge is 2.15. The van der Waals surface area contributed by atoms with Gasteiger partial charge in [-0.25, -0.2) is 4.39 Å². The fourth-order valence-corrected chi connectivity index (χ4v) is 2.10. The van der Waals surface area contributed by atoms with Crippen molar-refractivity contribution in [1.82, 2.24) is 0 Å². The summed E-state index contributed by atoms with van der Waals surface area (Å²) in [6, 6.07) is 7.62. The standard InChI is InChI=1S/C16H14FN3O4/c1-9-7-11(3-6-15(9)20(23)24)16(22)19-14-8-12(18-10(2)21)4-5-13(14)17/h3-8H,1-2H3,(H,18,21)(H,19,22). The third-order valence-corrected chi connectivity index (χ3v) is 3.19. The van der Waals surface area contributed by atoms with Crippen LogP contribution in [0.5, 0.6) is 0 Å². The van der Waals surface area contributed by atoms with E-state index in [-0.39, 0.29) is 22.8 Å². The van der Waals surface area contributed by atoms with Gasteiger partial charge in [-0.05, 0) is 37.3 Å². The van der Waals surface area contributed by atoms with Crippen molar-refractivity contribution in [2.75, 3.05) is 10.6 Å². The van der Waals surface area contributed by atoms with E-state index in [0.29, 0.717) is 11.3 Å². The van der Waals surface area contributed by atoms with Crippen molar-refractivity contribution in [2.24, 2.45) is 0 Å². The summed E-state index contributed by atoms with van der Waals surface area (Å²) >= 11 is 0. The van der Waals surface area contributed by atoms with E-state index >= 15 is 0 Å².